The minimum absolute atomic E-state index is 0.146. The van der Waals surface area contributed by atoms with Crippen LogP contribution in [0.3, 0.4) is 0 Å². The van der Waals surface area contributed by atoms with E-state index in [0.29, 0.717) is 12.2 Å². The Hall–Kier alpha value is -1.12. The van der Waals surface area contributed by atoms with Gasteiger partial charge in [-0.3, -0.25) is 4.79 Å². The van der Waals surface area contributed by atoms with Crippen molar-refractivity contribution in [3.8, 4) is 0 Å². The fourth-order valence-corrected chi connectivity index (χ4v) is 0.968. The van der Waals surface area contributed by atoms with Crippen molar-refractivity contribution in [2.24, 2.45) is 5.92 Å². The minimum atomic E-state index is 0.146. The van der Waals surface area contributed by atoms with Gasteiger partial charge in [0, 0.05) is 24.2 Å². The van der Waals surface area contributed by atoms with Gasteiger partial charge in [0.15, 0.2) is 0 Å². The molecule has 0 unspecified atom stereocenters. The number of H-pyrrole nitrogens is 1. The van der Waals surface area contributed by atoms with Crippen molar-refractivity contribution in [3.05, 3.63) is 18.2 Å². The molecule has 0 aliphatic rings. The standard InChI is InChI=1S/C9H14N2O/c1-7(2)9(12)4-3-8-5-10-6-11-8/h5-7H,3-4H2,1-2H3,(H,10,11). The van der Waals surface area contributed by atoms with Gasteiger partial charge in [0.25, 0.3) is 0 Å². The number of rotatable bonds is 4. The summed E-state index contributed by atoms with van der Waals surface area (Å²) in [6, 6.07) is 0. The number of aryl methyl sites for hydroxylation is 1. The van der Waals surface area contributed by atoms with Crippen LogP contribution in [0.1, 0.15) is 26.0 Å². The zero-order chi connectivity index (χ0) is 8.97. The molecule has 0 saturated carbocycles. The number of Topliss-reactive ketones (excluding diaryl/α,β-unsaturated/α-hetero) is 1. The highest BCUT2D eigenvalue weighted by molar-refractivity contribution is 5.80. The van der Waals surface area contributed by atoms with E-state index in [-0.39, 0.29) is 5.92 Å². The molecule has 3 nitrogen and oxygen atoms in total. The first-order valence-corrected chi connectivity index (χ1v) is 4.20. The van der Waals surface area contributed by atoms with Crippen molar-refractivity contribution in [2.45, 2.75) is 26.7 Å². The lowest BCUT2D eigenvalue weighted by Crippen LogP contribution is -2.07. The van der Waals surface area contributed by atoms with E-state index in [1.165, 1.54) is 0 Å². The second-order valence-corrected chi connectivity index (χ2v) is 3.20. The van der Waals surface area contributed by atoms with Crippen LogP contribution in [0, 0.1) is 5.92 Å². The smallest absolute Gasteiger partial charge is 0.135 e. The summed E-state index contributed by atoms with van der Waals surface area (Å²) in [6.07, 6.45) is 4.78. The van der Waals surface area contributed by atoms with Crippen molar-refractivity contribution in [2.75, 3.05) is 0 Å². The van der Waals surface area contributed by atoms with Crippen LogP contribution in [0.2, 0.25) is 0 Å². The predicted octanol–water partition coefficient (Wildman–Crippen LogP) is 1.57. The Balaban J connectivity index is 2.32. The summed E-state index contributed by atoms with van der Waals surface area (Å²) in [5, 5.41) is 0. The molecule has 1 aromatic rings. The molecule has 0 aromatic carbocycles. The number of aromatic nitrogens is 2. The lowest BCUT2D eigenvalue weighted by atomic mass is 10.0. The fraction of sp³-hybridized carbons (Fsp3) is 0.556. The molecule has 0 bridgehead atoms. The third-order valence-corrected chi connectivity index (χ3v) is 1.84. The SMILES string of the molecule is CC(C)C(=O)CCc1cnc[nH]1. The number of nitrogens with zero attached hydrogens (tertiary/aromatic N) is 1. The highest BCUT2D eigenvalue weighted by Crippen LogP contribution is 2.03. The Morgan fingerprint density at radius 1 is 1.67 bits per heavy atom. The van der Waals surface area contributed by atoms with Crippen LogP contribution in [-0.4, -0.2) is 15.8 Å². The van der Waals surface area contributed by atoms with E-state index in [1.54, 1.807) is 12.5 Å². The molecule has 12 heavy (non-hydrogen) atoms. The molecule has 0 amide bonds. The average molecular weight is 166 g/mol. The quantitative estimate of drug-likeness (QED) is 0.737. The van der Waals surface area contributed by atoms with Crippen LogP contribution in [0.4, 0.5) is 0 Å². The van der Waals surface area contributed by atoms with Gasteiger partial charge >= 0.3 is 0 Å². The van der Waals surface area contributed by atoms with E-state index >= 15 is 0 Å². The van der Waals surface area contributed by atoms with Gasteiger partial charge in [0.1, 0.15) is 5.78 Å². The van der Waals surface area contributed by atoms with Gasteiger partial charge in [-0.15, -0.1) is 0 Å². The molecule has 1 N–H and O–H groups in total. The largest absolute Gasteiger partial charge is 0.348 e. The number of hydrogen-bond acceptors (Lipinski definition) is 2. The van der Waals surface area contributed by atoms with Gasteiger partial charge in [-0.25, -0.2) is 4.98 Å². The number of aromatic amines is 1. The Kier molecular flexibility index (Phi) is 3.02. The van der Waals surface area contributed by atoms with Gasteiger partial charge in [-0.1, -0.05) is 13.8 Å². The second kappa shape index (κ2) is 4.04. The van der Waals surface area contributed by atoms with Crippen LogP contribution < -0.4 is 0 Å². The van der Waals surface area contributed by atoms with Crippen molar-refractivity contribution >= 4 is 5.78 Å². The van der Waals surface area contributed by atoms with Crippen LogP contribution in [0.5, 0.6) is 0 Å². The number of imidazole rings is 1. The molecule has 1 heterocycles. The highest BCUT2D eigenvalue weighted by Gasteiger charge is 2.06. The Morgan fingerprint density at radius 3 is 2.92 bits per heavy atom. The number of nitrogens with one attached hydrogen (secondary N) is 1. The van der Waals surface area contributed by atoms with Gasteiger partial charge in [-0.2, -0.15) is 0 Å². The van der Waals surface area contributed by atoms with E-state index in [0.717, 1.165) is 12.1 Å². The van der Waals surface area contributed by atoms with Crippen molar-refractivity contribution < 1.29 is 4.79 Å². The molecule has 0 spiro atoms. The van der Waals surface area contributed by atoms with E-state index in [9.17, 15) is 4.79 Å². The minimum Gasteiger partial charge on any atom is -0.348 e. The first kappa shape index (κ1) is 8.97. The number of carbonyl (C=O) groups excluding carboxylic acids is 1. The molecule has 66 valence electrons. The number of hydrogen-bond donors (Lipinski definition) is 1. The van der Waals surface area contributed by atoms with E-state index in [2.05, 4.69) is 9.97 Å². The lowest BCUT2D eigenvalue weighted by Gasteiger charge is -2.01. The summed E-state index contributed by atoms with van der Waals surface area (Å²) < 4.78 is 0. The average Bonchev–Trinajstić information content (AvgIpc) is 2.51. The van der Waals surface area contributed by atoms with Gasteiger partial charge in [0.05, 0.1) is 6.33 Å². The summed E-state index contributed by atoms with van der Waals surface area (Å²) in [5.74, 6) is 0.456. The van der Waals surface area contributed by atoms with Gasteiger partial charge in [-0.05, 0) is 6.42 Å². The zero-order valence-electron chi connectivity index (χ0n) is 7.50. The van der Waals surface area contributed by atoms with Crippen molar-refractivity contribution in [3.63, 3.8) is 0 Å². The molecule has 0 radical (unpaired) electrons. The third-order valence-electron chi connectivity index (χ3n) is 1.84. The van der Waals surface area contributed by atoms with E-state index < -0.39 is 0 Å². The molecule has 1 rings (SSSR count). The summed E-state index contributed by atoms with van der Waals surface area (Å²) >= 11 is 0. The zero-order valence-corrected chi connectivity index (χ0v) is 7.50. The summed E-state index contributed by atoms with van der Waals surface area (Å²) in [7, 11) is 0. The normalized spacial score (nSPS) is 10.6. The first-order valence-electron chi connectivity index (χ1n) is 4.20. The topological polar surface area (TPSA) is 45.8 Å². The maximum atomic E-state index is 11.2. The molecule has 1 aromatic heterocycles. The molecular weight excluding hydrogens is 152 g/mol. The Labute approximate surface area is 72.2 Å². The van der Waals surface area contributed by atoms with Gasteiger partial charge in [0.2, 0.25) is 0 Å². The van der Waals surface area contributed by atoms with Crippen molar-refractivity contribution in [1.82, 2.24) is 9.97 Å². The Morgan fingerprint density at radius 2 is 2.42 bits per heavy atom. The van der Waals surface area contributed by atoms with E-state index in [4.69, 9.17) is 0 Å². The third kappa shape index (κ3) is 2.49. The summed E-state index contributed by atoms with van der Waals surface area (Å²) in [4.78, 5) is 18.0. The lowest BCUT2D eigenvalue weighted by molar-refractivity contribution is -0.121. The molecular formula is C9H14N2O. The molecule has 0 atom stereocenters. The molecule has 3 heteroatoms. The number of carbonyl (C=O) groups is 1. The molecule has 0 aliphatic heterocycles. The van der Waals surface area contributed by atoms with Crippen LogP contribution in [0.25, 0.3) is 0 Å². The fourth-order valence-electron chi connectivity index (χ4n) is 0.968. The highest BCUT2D eigenvalue weighted by atomic mass is 16.1. The van der Waals surface area contributed by atoms with Crippen molar-refractivity contribution in [1.29, 1.82) is 0 Å². The monoisotopic (exact) mass is 166 g/mol. The first-order chi connectivity index (χ1) is 5.70. The molecule has 0 saturated heterocycles. The van der Waals surface area contributed by atoms with Crippen LogP contribution >= 0.6 is 0 Å². The Bertz CT molecular complexity index is 239. The van der Waals surface area contributed by atoms with E-state index in [1.807, 2.05) is 13.8 Å². The van der Waals surface area contributed by atoms with Gasteiger partial charge < -0.3 is 4.98 Å². The summed E-state index contributed by atoms with van der Waals surface area (Å²) in [5.41, 5.74) is 1.03. The maximum Gasteiger partial charge on any atom is 0.135 e. The molecule has 0 aliphatic carbocycles. The van der Waals surface area contributed by atoms with Crippen LogP contribution in [-0.2, 0) is 11.2 Å². The summed E-state index contributed by atoms with van der Waals surface area (Å²) in [6.45, 7) is 3.85. The predicted molar refractivity (Wildman–Crippen MR) is 46.8 cm³/mol. The molecule has 0 fully saturated rings. The number of ketones is 1. The second-order valence-electron chi connectivity index (χ2n) is 3.20. The van der Waals surface area contributed by atoms with Crippen LogP contribution in [0.15, 0.2) is 12.5 Å². The maximum absolute atomic E-state index is 11.2.